The van der Waals surface area contributed by atoms with Crippen LogP contribution in [0.25, 0.3) is 0 Å². The highest BCUT2D eigenvalue weighted by molar-refractivity contribution is 5.85. The normalized spacial score (nSPS) is 11.0. The zero-order chi connectivity index (χ0) is 13.4. The second kappa shape index (κ2) is 9.36. The maximum Gasteiger partial charge on any atom is 0.231 e. The monoisotopic (exact) mass is 280 g/mol. The van der Waals surface area contributed by atoms with Gasteiger partial charge in [0.25, 0.3) is 0 Å². The Morgan fingerprint density at radius 1 is 1.21 bits per heavy atom. The molecule has 0 saturated carbocycles. The average Bonchev–Trinajstić information content (AvgIpc) is 2.40. The summed E-state index contributed by atoms with van der Waals surface area (Å²) in [5.74, 6) is -0.283. The van der Waals surface area contributed by atoms with E-state index in [1.807, 2.05) is 30.3 Å². The number of carbonyl (C=O) groups is 1. The van der Waals surface area contributed by atoms with Gasteiger partial charge < -0.3 is 10.6 Å². The van der Waals surface area contributed by atoms with Gasteiger partial charge in [0, 0.05) is 19.6 Å². The summed E-state index contributed by atoms with van der Waals surface area (Å²) >= 11 is 0. The molecule has 104 valence electrons. The summed E-state index contributed by atoms with van der Waals surface area (Å²) in [6.45, 7) is 8.64. The first-order valence-electron chi connectivity index (χ1n) is 6.00. The predicted molar refractivity (Wildman–Crippen MR) is 82.5 cm³/mol. The molecule has 1 rings (SSSR count). The molecule has 0 heterocycles. The number of benzene rings is 1. The second-order valence-corrected chi connectivity index (χ2v) is 4.02. The molecule has 1 unspecified atom stereocenters. The number of halogens is 1. The minimum Gasteiger partial charge on any atom is -0.335 e. The lowest BCUT2D eigenvalue weighted by molar-refractivity contribution is -0.131. The summed E-state index contributed by atoms with van der Waals surface area (Å²) in [6.07, 6.45) is 3.42. The molecule has 0 saturated heterocycles. The molecule has 0 fully saturated rings. The summed E-state index contributed by atoms with van der Waals surface area (Å²) in [5, 5.41) is 0. The Morgan fingerprint density at radius 2 is 1.74 bits per heavy atom. The molecule has 19 heavy (non-hydrogen) atoms. The smallest absolute Gasteiger partial charge is 0.231 e. The molecular formula is C15H21ClN2O. The minimum atomic E-state index is -0.300. The molecule has 3 nitrogen and oxygen atoms in total. The van der Waals surface area contributed by atoms with E-state index < -0.39 is 0 Å². The Hall–Kier alpha value is -1.58. The van der Waals surface area contributed by atoms with Crippen LogP contribution in [0.15, 0.2) is 55.6 Å². The largest absolute Gasteiger partial charge is 0.335 e. The highest BCUT2D eigenvalue weighted by atomic mass is 35.5. The maximum absolute atomic E-state index is 12.4. The number of rotatable bonds is 7. The van der Waals surface area contributed by atoms with Crippen LogP contribution in [0.4, 0.5) is 0 Å². The molecule has 0 radical (unpaired) electrons. The van der Waals surface area contributed by atoms with E-state index in [0.29, 0.717) is 19.6 Å². The van der Waals surface area contributed by atoms with Gasteiger partial charge in [0.05, 0.1) is 5.92 Å². The van der Waals surface area contributed by atoms with Gasteiger partial charge in [-0.15, -0.1) is 25.6 Å². The van der Waals surface area contributed by atoms with E-state index >= 15 is 0 Å². The van der Waals surface area contributed by atoms with E-state index in [4.69, 9.17) is 5.73 Å². The SMILES string of the molecule is C=CCN(CC=C)C(=O)C(CN)c1ccccc1.Cl. The standard InChI is InChI=1S/C15H20N2O.ClH/c1-3-10-17(11-4-2)15(18)14(12-16)13-8-6-5-7-9-13;/h3-9,14H,1-2,10-12,16H2;1H. The highest BCUT2D eigenvalue weighted by Crippen LogP contribution is 2.17. The third-order valence-electron chi connectivity index (χ3n) is 2.75. The summed E-state index contributed by atoms with van der Waals surface area (Å²) in [5.41, 5.74) is 6.68. The van der Waals surface area contributed by atoms with Crippen LogP contribution in [0, 0.1) is 0 Å². The topological polar surface area (TPSA) is 46.3 Å². The van der Waals surface area contributed by atoms with Crippen molar-refractivity contribution in [2.75, 3.05) is 19.6 Å². The van der Waals surface area contributed by atoms with Crippen LogP contribution in [0.3, 0.4) is 0 Å². The van der Waals surface area contributed by atoms with Crippen molar-refractivity contribution in [3.05, 3.63) is 61.2 Å². The quantitative estimate of drug-likeness (QED) is 0.780. The van der Waals surface area contributed by atoms with E-state index in [1.54, 1.807) is 17.1 Å². The number of hydrogen-bond donors (Lipinski definition) is 1. The molecule has 0 aromatic heterocycles. The fraction of sp³-hybridized carbons (Fsp3) is 0.267. The Labute approximate surface area is 121 Å². The van der Waals surface area contributed by atoms with Crippen molar-refractivity contribution in [1.29, 1.82) is 0 Å². The lowest BCUT2D eigenvalue weighted by Crippen LogP contribution is -2.38. The van der Waals surface area contributed by atoms with Crippen LogP contribution in [-0.2, 0) is 4.79 Å². The van der Waals surface area contributed by atoms with Gasteiger partial charge in [-0.25, -0.2) is 0 Å². The zero-order valence-electron chi connectivity index (χ0n) is 11.0. The molecule has 0 aliphatic rings. The Morgan fingerprint density at radius 3 is 2.16 bits per heavy atom. The van der Waals surface area contributed by atoms with E-state index in [1.165, 1.54) is 0 Å². The van der Waals surface area contributed by atoms with Crippen LogP contribution in [0.5, 0.6) is 0 Å². The molecule has 1 aromatic carbocycles. The van der Waals surface area contributed by atoms with E-state index in [-0.39, 0.29) is 24.2 Å². The fourth-order valence-electron chi connectivity index (χ4n) is 1.85. The van der Waals surface area contributed by atoms with Crippen molar-refractivity contribution in [3.8, 4) is 0 Å². The minimum absolute atomic E-state index is 0. The summed E-state index contributed by atoms with van der Waals surface area (Å²) in [6, 6.07) is 9.60. The first-order chi connectivity index (χ1) is 8.74. The van der Waals surface area contributed by atoms with E-state index in [9.17, 15) is 4.79 Å². The molecule has 0 spiro atoms. The summed E-state index contributed by atoms with van der Waals surface area (Å²) in [4.78, 5) is 14.1. The second-order valence-electron chi connectivity index (χ2n) is 4.02. The summed E-state index contributed by atoms with van der Waals surface area (Å²) in [7, 11) is 0. The van der Waals surface area contributed by atoms with Crippen LogP contribution in [0.1, 0.15) is 11.5 Å². The molecule has 0 aliphatic heterocycles. The first kappa shape index (κ1) is 17.4. The van der Waals surface area contributed by atoms with Crippen LogP contribution >= 0.6 is 12.4 Å². The van der Waals surface area contributed by atoms with Crippen LogP contribution < -0.4 is 5.73 Å². The Bertz CT molecular complexity index is 396. The van der Waals surface area contributed by atoms with Crippen molar-refractivity contribution in [2.45, 2.75) is 5.92 Å². The van der Waals surface area contributed by atoms with Crippen molar-refractivity contribution in [3.63, 3.8) is 0 Å². The average molecular weight is 281 g/mol. The number of carbonyl (C=O) groups excluding carboxylic acids is 1. The van der Waals surface area contributed by atoms with E-state index in [0.717, 1.165) is 5.56 Å². The molecule has 4 heteroatoms. The van der Waals surface area contributed by atoms with Gasteiger partial charge in [-0.2, -0.15) is 0 Å². The van der Waals surface area contributed by atoms with Crippen LogP contribution in [-0.4, -0.2) is 30.4 Å². The first-order valence-corrected chi connectivity index (χ1v) is 6.00. The Balaban J connectivity index is 0.00000324. The van der Waals surface area contributed by atoms with E-state index in [2.05, 4.69) is 13.2 Å². The van der Waals surface area contributed by atoms with Gasteiger partial charge in [-0.1, -0.05) is 42.5 Å². The van der Waals surface area contributed by atoms with Gasteiger partial charge >= 0.3 is 0 Å². The third kappa shape index (κ3) is 4.89. The molecule has 1 amide bonds. The third-order valence-corrected chi connectivity index (χ3v) is 2.75. The van der Waals surface area contributed by atoms with Gasteiger partial charge in [0.15, 0.2) is 0 Å². The number of nitrogens with two attached hydrogens (primary N) is 1. The van der Waals surface area contributed by atoms with Gasteiger partial charge in [-0.3, -0.25) is 4.79 Å². The molecule has 0 bridgehead atoms. The molecule has 1 aromatic rings. The van der Waals surface area contributed by atoms with Gasteiger partial charge in [0.1, 0.15) is 0 Å². The van der Waals surface area contributed by atoms with Crippen molar-refractivity contribution in [2.24, 2.45) is 5.73 Å². The van der Waals surface area contributed by atoms with Gasteiger partial charge in [0.2, 0.25) is 5.91 Å². The lowest BCUT2D eigenvalue weighted by Gasteiger charge is -2.25. The fourth-order valence-corrected chi connectivity index (χ4v) is 1.85. The number of amides is 1. The van der Waals surface area contributed by atoms with Crippen molar-refractivity contribution in [1.82, 2.24) is 4.90 Å². The van der Waals surface area contributed by atoms with Crippen molar-refractivity contribution < 1.29 is 4.79 Å². The molecule has 2 N–H and O–H groups in total. The number of hydrogen-bond acceptors (Lipinski definition) is 2. The molecular weight excluding hydrogens is 260 g/mol. The lowest BCUT2D eigenvalue weighted by atomic mass is 9.97. The molecule has 0 aliphatic carbocycles. The highest BCUT2D eigenvalue weighted by Gasteiger charge is 2.23. The van der Waals surface area contributed by atoms with Crippen molar-refractivity contribution >= 4 is 18.3 Å². The summed E-state index contributed by atoms with van der Waals surface area (Å²) < 4.78 is 0. The Kier molecular flexibility index (Phi) is 8.58. The number of nitrogens with zero attached hydrogens (tertiary/aromatic N) is 1. The predicted octanol–water partition coefficient (Wildman–Crippen LogP) is 2.35. The molecule has 1 atom stereocenters. The van der Waals surface area contributed by atoms with Gasteiger partial charge in [-0.05, 0) is 5.56 Å². The van der Waals surface area contributed by atoms with Crippen LogP contribution in [0.2, 0.25) is 0 Å². The maximum atomic E-state index is 12.4. The zero-order valence-corrected chi connectivity index (χ0v) is 11.8.